The molecule has 0 saturated heterocycles. The van der Waals surface area contributed by atoms with Gasteiger partial charge < -0.3 is 5.11 Å². The maximum absolute atomic E-state index is 11.5. The molecule has 0 unspecified atom stereocenters. The summed E-state index contributed by atoms with van der Waals surface area (Å²) in [7, 11) is 0. The van der Waals surface area contributed by atoms with E-state index in [1.165, 1.54) is 0 Å². The molecule has 0 spiro atoms. The minimum absolute atomic E-state index is 0.211. The first-order chi connectivity index (χ1) is 5.02. The van der Waals surface area contributed by atoms with Gasteiger partial charge in [-0.3, -0.25) is 0 Å². The first kappa shape index (κ1) is 8.12. The fourth-order valence-corrected chi connectivity index (χ4v) is 0.958. The zero-order chi connectivity index (χ0) is 8.48. The molecule has 0 N–H and O–H groups in total. The molecule has 0 aromatic heterocycles. The summed E-state index contributed by atoms with van der Waals surface area (Å²) in [5.74, 6) is 0.211. The molecule has 0 aromatic rings. The third-order valence-corrected chi connectivity index (χ3v) is 1.61. The Labute approximate surface area is 67.7 Å². The standard InChI is InChI=1S/C10H14O/c1-10(2,3)9(11)8-6-4-5-7-8/h4-7,11H,1-3H3/p-1. The van der Waals surface area contributed by atoms with Gasteiger partial charge in [0.05, 0.1) is 0 Å². The van der Waals surface area contributed by atoms with Gasteiger partial charge >= 0.3 is 0 Å². The summed E-state index contributed by atoms with van der Waals surface area (Å²) in [4.78, 5) is 0. The fourth-order valence-electron chi connectivity index (χ4n) is 0.958. The van der Waals surface area contributed by atoms with Gasteiger partial charge in [-0.1, -0.05) is 45.1 Å². The summed E-state index contributed by atoms with van der Waals surface area (Å²) >= 11 is 0. The van der Waals surface area contributed by atoms with Crippen LogP contribution in [-0.4, -0.2) is 0 Å². The van der Waals surface area contributed by atoms with Crippen LogP contribution in [0.5, 0.6) is 0 Å². The Kier molecular flexibility index (Phi) is 1.90. The molecule has 1 nitrogen and oxygen atoms in total. The van der Waals surface area contributed by atoms with Crippen LogP contribution >= 0.6 is 0 Å². The second-order valence-electron chi connectivity index (χ2n) is 3.75. The molecule has 0 fully saturated rings. The zero-order valence-corrected chi connectivity index (χ0v) is 7.22. The van der Waals surface area contributed by atoms with Crippen molar-refractivity contribution in [3.8, 4) is 0 Å². The lowest BCUT2D eigenvalue weighted by atomic mass is 9.91. The topological polar surface area (TPSA) is 23.1 Å². The number of rotatable bonds is 0. The fraction of sp³-hybridized carbons (Fsp3) is 0.400. The first-order valence-electron chi connectivity index (χ1n) is 3.78. The second kappa shape index (κ2) is 2.57. The lowest BCUT2D eigenvalue weighted by molar-refractivity contribution is -0.323. The van der Waals surface area contributed by atoms with E-state index in [1.54, 1.807) is 0 Å². The van der Waals surface area contributed by atoms with Crippen LogP contribution in [0.1, 0.15) is 20.8 Å². The van der Waals surface area contributed by atoms with E-state index in [0.717, 1.165) is 5.57 Å². The number of hydrogen-bond acceptors (Lipinski definition) is 1. The van der Waals surface area contributed by atoms with Crippen molar-refractivity contribution in [2.45, 2.75) is 20.8 Å². The van der Waals surface area contributed by atoms with Crippen molar-refractivity contribution in [3.05, 3.63) is 35.6 Å². The van der Waals surface area contributed by atoms with Crippen molar-refractivity contribution in [2.75, 3.05) is 0 Å². The van der Waals surface area contributed by atoms with Gasteiger partial charge in [0.25, 0.3) is 0 Å². The van der Waals surface area contributed by atoms with Gasteiger partial charge in [0, 0.05) is 0 Å². The van der Waals surface area contributed by atoms with Crippen LogP contribution < -0.4 is 5.11 Å². The number of hydrogen-bond donors (Lipinski definition) is 0. The molecule has 0 aliphatic heterocycles. The van der Waals surface area contributed by atoms with Crippen molar-refractivity contribution < 1.29 is 5.11 Å². The molecule has 11 heavy (non-hydrogen) atoms. The van der Waals surface area contributed by atoms with Crippen LogP contribution in [0.2, 0.25) is 0 Å². The van der Waals surface area contributed by atoms with Gasteiger partial charge in [0.1, 0.15) is 0 Å². The smallest absolute Gasteiger partial charge is 0.0269 e. The Morgan fingerprint density at radius 2 is 1.64 bits per heavy atom. The van der Waals surface area contributed by atoms with E-state index in [2.05, 4.69) is 0 Å². The van der Waals surface area contributed by atoms with Crippen LogP contribution in [-0.2, 0) is 0 Å². The molecular formula is C10H13O-. The maximum atomic E-state index is 11.5. The highest BCUT2D eigenvalue weighted by Gasteiger charge is 2.10. The van der Waals surface area contributed by atoms with Crippen LogP contribution in [0.25, 0.3) is 0 Å². The summed E-state index contributed by atoms with van der Waals surface area (Å²) in [5, 5.41) is 11.5. The van der Waals surface area contributed by atoms with E-state index in [9.17, 15) is 5.11 Å². The predicted octanol–water partition coefficient (Wildman–Crippen LogP) is 1.77. The average molecular weight is 149 g/mol. The molecule has 0 heterocycles. The summed E-state index contributed by atoms with van der Waals surface area (Å²) in [5.41, 5.74) is 0.562. The normalized spacial score (nSPS) is 16.1. The van der Waals surface area contributed by atoms with E-state index < -0.39 is 0 Å². The average Bonchev–Trinajstić information content (AvgIpc) is 2.34. The molecule has 0 radical (unpaired) electrons. The second-order valence-corrected chi connectivity index (χ2v) is 3.75. The van der Waals surface area contributed by atoms with Crippen molar-refractivity contribution in [1.29, 1.82) is 0 Å². The quantitative estimate of drug-likeness (QED) is 0.481. The first-order valence-corrected chi connectivity index (χ1v) is 3.78. The van der Waals surface area contributed by atoms with E-state index in [4.69, 9.17) is 0 Å². The molecular weight excluding hydrogens is 136 g/mol. The molecule has 0 aromatic carbocycles. The Balaban J connectivity index is 2.97. The van der Waals surface area contributed by atoms with Crippen LogP contribution in [0.15, 0.2) is 35.6 Å². The van der Waals surface area contributed by atoms with Crippen LogP contribution in [0, 0.1) is 5.41 Å². The van der Waals surface area contributed by atoms with Gasteiger partial charge in [-0.25, -0.2) is 0 Å². The van der Waals surface area contributed by atoms with Crippen molar-refractivity contribution in [1.82, 2.24) is 0 Å². The van der Waals surface area contributed by atoms with Gasteiger partial charge in [0.2, 0.25) is 0 Å². The summed E-state index contributed by atoms with van der Waals surface area (Å²) in [6, 6.07) is 0. The maximum Gasteiger partial charge on any atom is -0.0269 e. The molecule has 60 valence electrons. The molecule has 1 heteroatoms. The largest absolute Gasteiger partial charge is 0.875 e. The van der Waals surface area contributed by atoms with Gasteiger partial charge in [-0.2, -0.15) is 0 Å². The van der Waals surface area contributed by atoms with Crippen LogP contribution in [0.4, 0.5) is 0 Å². The molecule has 0 atom stereocenters. The van der Waals surface area contributed by atoms with Gasteiger partial charge in [-0.05, 0) is 11.0 Å². The Morgan fingerprint density at radius 1 is 1.18 bits per heavy atom. The predicted molar refractivity (Wildman–Crippen MR) is 44.8 cm³/mol. The van der Waals surface area contributed by atoms with Crippen molar-refractivity contribution >= 4 is 0 Å². The monoisotopic (exact) mass is 149 g/mol. The molecule has 1 aliphatic carbocycles. The molecule has 0 amide bonds. The van der Waals surface area contributed by atoms with E-state index in [1.807, 2.05) is 45.1 Å². The Morgan fingerprint density at radius 3 is 2.00 bits per heavy atom. The van der Waals surface area contributed by atoms with E-state index >= 15 is 0 Å². The lowest BCUT2D eigenvalue weighted by Crippen LogP contribution is -2.22. The number of allylic oxidation sites excluding steroid dienone is 6. The summed E-state index contributed by atoms with van der Waals surface area (Å²) in [6.45, 7) is 5.80. The third kappa shape index (κ3) is 1.73. The minimum atomic E-state index is -0.256. The molecule has 0 saturated carbocycles. The van der Waals surface area contributed by atoms with Gasteiger partial charge in [0.15, 0.2) is 0 Å². The highest BCUT2D eigenvalue weighted by atomic mass is 16.3. The Hall–Kier alpha value is -0.980. The molecule has 1 aliphatic rings. The highest BCUT2D eigenvalue weighted by Crippen LogP contribution is 2.25. The lowest BCUT2D eigenvalue weighted by Gasteiger charge is -2.29. The minimum Gasteiger partial charge on any atom is -0.875 e. The Bertz CT molecular complexity index is 222. The molecule has 0 bridgehead atoms. The van der Waals surface area contributed by atoms with Gasteiger partial charge in [-0.15, -0.1) is 5.76 Å². The van der Waals surface area contributed by atoms with E-state index in [0.29, 0.717) is 0 Å². The highest BCUT2D eigenvalue weighted by molar-refractivity contribution is 5.42. The van der Waals surface area contributed by atoms with Crippen molar-refractivity contribution in [2.24, 2.45) is 5.41 Å². The third-order valence-electron chi connectivity index (χ3n) is 1.61. The van der Waals surface area contributed by atoms with Crippen LogP contribution in [0.3, 0.4) is 0 Å². The summed E-state index contributed by atoms with van der Waals surface area (Å²) < 4.78 is 0. The SMILES string of the molecule is CC(C)(C)C([O-])=C1C=CC=C1. The summed E-state index contributed by atoms with van der Waals surface area (Å²) in [6.07, 6.45) is 7.49. The van der Waals surface area contributed by atoms with E-state index in [-0.39, 0.29) is 11.2 Å². The van der Waals surface area contributed by atoms with Crippen molar-refractivity contribution in [3.63, 3.8) is 0 Å². The zero-order valence-electron chi connectivity index (χ0n) is 7.22. The molecule has 1 rings (SSSR count).